The lowest BCUT2D eigenvalue weighted by atomic mass is 9.94. The van der Waals surface area contributed by atoms with E-state index in [2.05, 4.69) is 51.1 Å². The zero-order valence-corrected chi connectivity index (χ0v) is 10.7. The van der Waals surface area contributed by atoms with Gasteiger partial charge < -0.3 is 0 Å². The molecule has 1 nitrogen and oxygen atoms in total. The Hall–Kier alpha value is -1.26. The Morgan fingerprint density at radius 3 is 2.25 bits per heavy atom. The van der Waals surface area contributed by atoms with Crippen molar-refractivity contribution in [3.05, 3.63) is 34.4 Å². The highest BCUT2D eigenvalue weighted by molar-refractivity contribution is 5.42. The molecule has 1 N–H and O–H groups in total. The van der Waals surface area contributed by atoms with Crippen molar-refractivity contribution in [2.75, 3.05) is 6.54 Å². The van der Waals surface area contributed by atoms with Gasteiger partial charge in [0.25, 0.3) is 0 Å². The summed E-state index contributed by atoms with van der Waals surface area (Å²) in [6.07, 6.45) is 6.71. The van der Waals surface area contributed by atoms with E-state index < -0.39 is 0 Å². The molecule has 0 bridgehead atoms. The fraction of sp³-hybridized carbons (Fsp3) is 0.467. The molecule has 1 rings (SSSR count). The van der Waals surface area contributed by atoms with Crippen LogP contribution in [-0.4, -0.2) is 6.54 Å². The van der Waals surface area contributed by atoms with E-state index in [1.807, 2.05) is 0 Å². The van der Waals surface area contributed by atoms with Crippen LogP contribution in [0, 0.1) is 33.1 Å². The third-order valence-corrected chi connectivity index (χ3v) is 2.79. The van der Waals surface area contributed by atoms with Crippen molar-refractivity contribution < 1.29 is 0 Å². The number of terminal acetylenes is 1. The van der Waals surface area contributed by atoms with Gasteiger partial charge >= 0.3 is 0 Å². The van der Waals surface area contributed by atoms with Crippen LogP contribution >= 0.6 is 0 Å². The molecule has 1 aromatic carbocycles. The van der Waals surface area contributed by atoms with Gasteiger partial charge in [0.15, 0.2) is 0 Å². The highest BCUT2D eigenvalue weighted by Crippen LogP contribution is 2.23. The largest absolute Gasteiger partial charge is 0.300 e. The lowest BCUT2D eigenvalue weighted by Crippen LogP contribution is -2.22. The molecule has 0 aliphatic heterocycles. The normalized spacial score (nSPS) is 12.2. The summed E-state index contributed by atoms with van der Waals surface area (Å²) in [6.45, 7) is 9.49. The predicted octanol–water partition coefficient (Wildman–Crippen LogP) is 3.29. The summed E-state index contributed by atoms with van der Waals surface area (Å²) < 4.78 is 0. The fourth-order valence-electron chi connectivity index (χ4n) is 2.18. The van der Waals surface area contributed by atoms with E-state index >= 15 is 0 Å². The first kappa shape index (κ1) is 12.8. The predicted molar refractivity (Wildman–Crippen MR) is 70.5 cm³/mol. The van der Waals surface area contributed by atoms with Crippen LogP contribution in [0.4, 0.5) is 0 Å². The first-order chi connectivity index (χ1) is 7.60. The SMILES string of the molecule is C#CC(NCCC)c1c(C)cc(C)cc1C. The van der Waals surface area contributed by atoms with Gasteiger partial charge in [0.1, 0.15) is 0 Å². The van der Waals surface area contributed by atoms with Crippen LogP contribution in [0.25, 0.3) is 0 Å². The zero-order valence-electron chi connectivity index (χ0n) is 10.7. The lowest BCUT2D eigenvalue weighted by Gasteiger charge is -2.18. The maximum Gasteiger partial charge on any atom is 0.0948 e. The minimum atomic E-state index is 0.0422. The maximum atomic E-state index is 5.61. The first-order valence-electron chi connectivity index (χ1n) is 5.87. The number of hydrogen-bond donors (Lipinski definition) is 1. The minimum Gasteiger partial charge on any atom is -0.300 e. The van der Waals surface area contributed by atoms with E-state index in [0.717, 1.165) is 13.0 Å². The Morgan fingerprint density at radius 2 is 1.81 bits per heavy atom. The Kier molecular flexibility index (Phi) is 4.58. The molecule has 16 heavy (non-hydrogen) atoms. The number of rotatable bonds is 4. The molecular formula is C15H21N. The van der Waals surface area contributed by atoms with Gasteiger partial charge in [-0.2, -0.15) is 0 Å². The standard InChI is InChI=1S/C15H21N/c1-6-8-16-14(7-2)15-12(4)9-11(3)10-13(15)5/h2,9-10,14,16H,6,8H2,1,3-5H3. The molecular weight excluding hydrogens is 194 g/mol. The lowest BCUT2D eigenvalue weighted by molar-refractivity contribution is 0.621. The van der Waals surface area contributed by atoms with E-state index in [9.17, 15) is 0 Å². The van der Waals surface area contributed by atoms with Crippen LogP contribution in [0.15, 0.2) is 12.1 Å². The third-order valence-electron chi connectivity index (χ3n) is 2.79. The molecule has 0 fully saturated rings. The fourth-order valence-corrected chi connectivity index (χ4v) is 2.18. The smallest absolute Gasteiger partial charge is 0.0948 e. The Bertz CT molecular complexity index is 375. The van der Waals surface area contributed by atoms with Gasteiger partial charge in [-0.15, -0.1) is 6.42 Å². The van der Waals surface area contributed by atoms with Crippen LogP contribution in [-0.2, 0) is 0 Å². The summed E-state index contributed by atoms with van der Waals surface area (Å²) in [5, 5.41) is 3.40. The molecule has 0 aromatic heterocycles. The van der Waals surface area contributed by atoms with Crippen LogP contribution in [0.5, 0.6) is 0 Å². The van der Waals surface area contributed by atoms with E-state index in [4.69, 9.17) is 6.42 Å². The molecule has 1 aromatic rings. The summed E-state index contributed by atoms with van der Waals surface area (Å²) >= 11 is 0. The van der Waals surface area contributed by atoms with Crippen molar-refractivity contribution in [2.45, 2.75) is 40.2 Å². The molecule has 0 saturated heterocycles. The topological polar surface area (TPSA) is 12.0 Å². The minimum absolute atomic E-state index is 0.0422. The molecule has 1 atom stereocenters. The summed E-state index contributed by atoms with van der Waals surface area (Å²) in [4.78, 5) is 0. The van der Waals surface area contributed by atoms with Gasteiger partial charge in [0.05, 0.1) is 6.04 Å². The molecule has 0 radical (unpaired) electrons. The van der Waals surface area contributed by atoms with E-state index in [1.165, 1.54) is 22.3 Å². The Labute approximate surface area is 99.3 Å². The van der Waals surface area contributed by atoms with Crippen molar-refractivity contribution in [3.8, 4) is 12.3 Å². The monoisotopic (exact) mass is 215 g/mol. The van der Waals surface area contributed by atoms with Crippen LogP contribution < -0.4 is 5.32 Å². The van der Waals surface area contributed by atoms with Crippen molar-refractivity contribution in [1.29, 1.82) is 0 Å². The number of aryl methyl sites for hydroxylation is 3. The number of benzene rings is 1. The highest BCUT2D eigenvalue weighted by atomic mass is 14.9. The molecule has 0 aliphatic rings. The van der Waals surface area contributed by atoms with Gasteiger partial charge in [0.2, 0.25) is 0 Å². The van der Waals surface area contributed by atoms with Gasteiger partial charge in [0, 0.05) is 0 Å². The molecule has 0 heterocycles. The second-order valence-electron chi connectivity index (χ2n) is 4.37. The molecule has 86 valence electrons. The number of nitrogens with one attached hydrogen (secondary N) is 1. The summed E-state index contributed by atoms with van der Waals surface area (Å²) in [5.74, 6) is 2.84. The molecule has 1 heteroatoms. The van der Waals surface area contributed by atoms with Crippen LogP contribution in [0.3, 0.4) is 0 Å². The Balaban J connectivity index is 3.06. The molecule has 1 unspecified atom stereocenters. The molecule has 0 amide bonds. The van der Waals surface area contributed by atoms with E-state index in [-0.39, 0.29) is 6.04 Å². The first-order valence-corrected chi connectivity index (χ1v) is 5.87. The van der Waals surface area contributed by atoms with Crippen molar-refractivity contribution >= 4 is 0 Å². The number of hydrogen-bond acceptors (Lipinski definition) is 1. The van der Waals surface area contributed by atoms with Gasteiger partial charge in [-0.3, -0.25) is 5.32 Å². The summed E-state index contributed by atoms with van der Waals surface area (Å²) in [6, 6.07) is 4.43. The maximum absolute atomic E-state index is 5.61. The van der Waals surface area contributed by atoms with Crippen LogP contribution in [0.1, 0.15) is 41.6 Å². The molecule has 0 aliphatic carbocycles. The van der Waals surface area contributed by atoms with Crippen LogP contribution in [0.2, 0.25) is 0 Å². The molecule has 0 spiro atoms. The average Bonchev–Trinajstić information content (AvgIpc) is 2.21. The van der Waals surface area contributed by atoms with Crippen molar-refractivity contribution in [2.24, 2.45) is 0 Å². The second-order valence-corrected chi connectivity index (χ2v) is 4.37. The van der Waals surface area contributed by atoms with Gasteiger partial charge in [-0.05, 0) is 50.4 Å². The highest BCUT2D eigenvalue weighted by Gasteiger charge is 2.12. The van der Waals surface area contributed by atoms with Gasteiger partial charge in [-0.1, -0.05) is 30.5 Å². The van der Waals surface area contributed by atoms with Crippen molar-refractivity contribution in [1.82, 2.24) is 5.32 Å². The zero-order chi connectivity index (χ0) is 12.1. The quantitative estimate of drug-likeness (QED) is 0.760. The summed E-state index contributed by atoms with van der Waals surface area (Å²) in [5.41, 5.74) is 5.12. The summed E-state index contributed by atoms with van der Waals surface area (Å²) in [7, 11) is 0. The van der Waals surface area contributed by atoms with Crippen molar-refractivity contribution in [3.63, 3.8) is 0 Å². The second kappa shape index (κ2) is 5.72. The van der Waals surface area contributed by atoms with E-state index in [1.54, 1.807) is 0 Å². The molecule has 0 saturated carbocycles. The Morgan fingerprint density at radius 1 is 1.25 bits per heavy atom. The van der Waals surface area contributed by atoms with Gasteiger partial charge in [-0.25, -0.2) is 0 Å². The average molecular weight is 215 g/mol. The third kappa shape index (κ3) is 2.87. The van der Waals surface area contributed by atoms with E-state index in [0.29, 0.717) is 0 Å².